The number of allylic oxidation sites excluding steroid dienone is 1. The molecule has 47 heavy (non-hydrogen) atoms. The second-order valence-electron chi connectivity index (χ2n) is 12.2. The lowest BCUT2D eigenvalue weighted by Gasteiger charge is -2.45. The number of hydrogen-bond acceptors (Lipinski definition) is 7. The summed E-state index contributed by atoms with van der Waals surface area (Å²) < 4.78 is 59.8. The van der Waals surface area contributed by atoms with E-state index in [1.54, 1.807) is 22.1 Å². The van der Waals surface area contributed by atoms with Gasteiger partial charge < -0.3 is 15.5 Å². The zero-order chi connectivity index (χ0) is 34.6. The monoisotopic (exact) mass is 669 g/mol. The SMILES string of the molecule is C=CC(=O)N1[C@H](C)CN(c2c(C#N)c(=O)n([C@H]3C(C(C)C)=NC=C[C@H]3C)c3nc(-c4c(N)c(F)c(F)c(F)c4F)c(Cl)cc23)C[C@@H]1C. The number of rotatable bonds is 5. The summed E-state index contributed by atoms with van der Waals surface area (Å²) in [6.45, 7) is 13.2. The number of nitrogens with zero attached hydrogens (tertiary/aromatic N) is 6. The Bertz CT molecular complexity index is 1960. The van der Waals surface area contributed by atoms with E-state index in [0.717, 1.165) is 0 Å². The molecule has 1 aromatic carbocycles. The summed E-state index contributed by atoms with van der Waals surface area (Å²) in [6.07, 6.45) is 4.60. The first-order valence-corrected chi connectivity index (χ1v) is 15.3. The van der Waals surface area contributed by atoms with Crippen molar-refractivity contribution in [3.63, 3.8) is 0 Å². The number of nitrogen functional groups attached to an aromatic ring is 1. The first kappa shape index (κ1) is 33.7. The molecule has 3 aromatic rings. The topological polar surface area (TPSA) is 121 Å². The van der Waals surface area contributed by atoms with E-state index in [2.05, 4.69) is 22.6 Å². The number of benzene rings is 1. The Kier molecular flexibility index (Phi) is 8.94. The van der Waals surface area contributed by atoms with Crippen molar-refractivity contribution in [1.82, 2.24) is 14.5 Å². The molecule has 2 N–H and O–H groups in total. The molecule has 0 bridgehead atoms. The molecule has 2 aliphatic rings. The number of pyridine rings is 2. The van der Waals surface area contributed by atoms with E-state index in [9.17, 15) is 28.0 Å². The molecule has 1 amide bonds. The lowest BCUT2D eigenvalue weighted by molar-refractivity contribution is -0.130. The van der Waals surface area contributed by atoms with Gasteiger partial charge in [0.05, 0.1) is 33.7 Å². The second-order valence-corrected chi connectivity index (χ2v) is 12.6. The van der Waals surface area contributed by atoms with Crippen molar-refractivity contribution in [2.24, 2.45) is 16.8 Å². The number of amides is 1. The molecule has 4 heterocycles. The fourth-order valence-corrected chi connectivity index (χ4v) is 6.90. The van der Waals surface area contributed by atoms with Crippen molar-refractivity contribution in [2.75, 3.05) is 23.7 Å². The Balaban J connectivity index is 1.91. The number of aromatic nitrogens is 2. The Labute approximate surface area is 273 Å². The van der Waals surface area contributed by atoms with Crippen molar-refractivity contribution in [3.05, 3.63) is 75.2 Å². The van der Waals surface area contributed by atoms with Crippen LogP contribution >= 0.6 is 11.6 Å². The number of anilines is 2. The summed E-state index contributed by atoms with van der Waals surface area (Å²) >= 11 is 6.65. The van der Waals surface area contributed by atoms with Crippen LogP contribution in [0.25, 0.3) is 22.3 Å². The van der Waals surface area contributed by atoms with Crippen LogP contribution in [0.5, 0.6) is 0 Å². The highest BCUT2D eigenvalue weighted by molar-refractivity contribution is 6.34. The van der Waals surface area contributed by atoms with Gasteiger partial charge in [-0.15, -0.1) is 0 Å². The van der Waals surface area contributed by atoms with E-state index in [0.29, 0.717) is 5.71 Å². The zero-order valence-electron chi connectivity index (χ0n) is 26.3. The van der Waals surface area contributed by atoms with Gasteiger partial charge in [0.1, 0.15) is 17.3 Å². The van der Waals surface area contributed by atoms with E-state index in [1.807, 2.05) is 34.6 Å². The molecule has 0 aliphatic carbocycles. The lowest BCUT2D eigenvalue weighted by Crippen LogP contribution is -2.58. The predicted molar refractivity (Wildman–Crippen MR) is 173 cm³/mol. The summed E-state index contributed by atoms with van der Waals surface area (Å²) in [7, 11) is 0. The van der Waals surface area contributed by atoms with Gasteiger partial charge in [-0.05, 0) is 31.9 Å². The lowest BCUT2D eigenvalue weighted by atomic mass is 9.88. The molecule has 2 aromatic heterocycles. The summed E-state index contributed by atoms with van der Waals surface area (Å²) in [6, 6.07) is 1.84. The molecule has 0 unspecified atom stereocenters. The van der Waals surface area contributed by atoms with Crippen LogP contribution in [-0.2, 0) is 4.79 Å². The van der Waals surface area contributed by atoms with Gasteiger partial charge in [-0.25, -0.2) is 22.5 Å². The van der Waals surface area contributed by atoms with Crippen molar-refractivity contribution >= 4 is 45.6 Å². The summed E-state index contributed by atoms with van der Waals surface area (Å²) in [4.78, 5) is 39.6. The van der Waals surface area contributed by atoms with Gasteiger partial charge in [-0.3, -0.25) is 19.1 Å². The van der Waals surface area contributed by atoms with Crippen LogP contribution in [0.1, 0.15) is 46.2 Å². The number of piperazine rings is 1. The molecule has 2 aliphatic heterocycles. The summed E-state index contributed by atoms with van der Waals surface area (Å²) in [5.41, 5.74) is 2.90. The normalized spacial score (nSPS) is 21.3. The fraction of sp³-hybridized carbons (Fsp3) is 0.364. The smallest absolute Gasteiger partial charge is 0.272 e. The zero-order valence-corrected chi connectivity index (χ0v) is 27.0. The summed E-state index contributed by atoms with van der Waals surface area (Å²) in [5, 5.41) is 10.3. The molecule has 0 radical (unpaired) electrons. The average molecular weight is 670 g/mol. The molecule has 0 spiro atoms. The molecule has 1 saturated heterocycles. The van der Waals surface area contributed by atoms with Gasteiger partial charge in [0.25, 0.3) is 5.56 Å². The third-order valence-electron chi connectivity index (χ3n) is 8.71. The van der Waals surface area contributed by atoms with E-state index >= 15 is 4.39 Å². The molecule has 1 fully saturated rings. The molecule has 14 heteroatoms. The van der Waals surface area contributed by atoms with Gasteiger partial charge in [-0.1, -0.05) is 45.0 Å². The number of hydrogen-bond donors (Lipinski definition) is 1. The minimum Gasteiger partial charge on any atom is -0.396 e. The molecule has 4 atom stereocenters. The third kappa shape index (κ3) is 5.34. The largest absolute Gasteiger partial charge is 0.396 e. The van der Waals surface area contributed by atoms with E-state index in [4.69, 9.17) is 17.3 Å². The van der Waals surface area contributed by atoms with Crippen molar-refractivity contribution in [1.29, 1.82) is 5.26 Å². The highest BCUT2D eigenvalue weighted by atomic mass is 35.5. The molecular formula is C33H32ClF4N7O2. The molecule has 5 rings (SSSR count). The van der Waals surface area contributed by atoms with Crippen molar-refractivity contribution in [2.45, 2.75) is 52.7 Å². The number of halogens is 5. The van der Waals surface area contributed by atoms with Crippen LogP contribution in [0.3, 0.4) is 0 Å². The van der Waals surface area contributed by atoms with E-state index < -0.39 is 51.8 Å². The third-order valence-corrected chi connectivity index (χ3v) is 9.00. The Morgan fingerprint density at radius 3 is 2.32 bits per heavy atom. The fourth-order valence-electron chi connectivity index (χ4n) is 6.65. The van der Waals surface area contributed by atoms with Gasteiger partial charge in [0.2, 0.25) is 5.91 Å². The maximum absolute atomic E-state index is 15.3. The highest BCUT2D eigenvalue weighted by Gasteiger charge is 2.38. The van der Waals surface area contributed by atoms with E-state index in [1.165, 1.54) is 16.7 Å². The highest BCUT2D eigenvalue weighted by Crippen LogP contribution is 2.42. The van der Waals surface area contributed by atoms with E-state index in [-0.39, 0.29) is 70.2 Å². The quantitative estimate of drug-likeness (QED) is 0.115. The maximum Gasteiger partial charge on any atom is 0.272 e. The van der Waals surface area contributed by atoms with Gasteiger partial charge in [-0.2, -0.15) is 5.26 Å². The number of carbonyl (C=O) groups is 1. The molecular weight excluding hydrogens is 638 g/mol. The summed E-state index contributed by atoms with van der Waals surface area (Å²) in [5.74, 6) is -8.66. The Morgan fingerprint density at radius 1 is 1.13 bits per heavy atom. The molecule has 246 valence electrons. The van der Waals surface area contributed by atoms with Gasteiger partial charge >= 0.3 is 0 Å². The van der Waals surface area contributed by atoms with Gasteiger partial charge in [0.15, 0.2) is 23.3 Å². The van der Waals surface area contributed by atoms with Crippen molar-refractivity contribution in [3.8, 4) is 17.3 Å². The predicted octanol–water partition coefficient (Wildman–Crippen LogP) is 6.14. The molecule has 9 nitrogen and oxygen atoms in total. The number of fused-ring (bicyclic) bond motifs is 1. The van der Waals surface area contributed by atoms with Crippen LogP contribution in [0, 0.1) is 46.4 Å². The van der Waals surface area contributed by atoms with Crippen molar-refractivity contribution < 1.29 is 22.4 Å². The van der Waals surface area contributed by atoms with Crippen LogP contribution in [-0.4, -0.2) is 51.2 Å². The minimum atomic E-state index is -2.11. The average Bonchev–Trinajstić information content (AvgIpc) is 3.02. The maximum atomic E-state index is 15.3. The first-order valence-electron chi connectivity index (χ1n) is 14.9. The number of nitrogens with two attached hydrogens (primary N) is 1. The van der Waals surface area contributed by atoms with Crippen LogP contribution in [0.2, 0.25) is 5.02 Å². The van der Waals surface area contributed by atoms with Gasteiger partial charge in [0, 0.05) is 48.4 Å². The second kappa shape index (κ2) is 12.5. The van der Waals surface area contributed by atoms with Crippen LogP contribution in [0.4, 0.5) is 28.9 Å². The Hall–Kier alpha value is -4.70. The van der Waals surface area contributed by atoms with Crippen LogP contribution < -0.4 is 16.2 Å². The number of nitriles is 1. The number of carbonyl (C=O) groups excluding carboxylic acids is 1. The standard InChI is InChI=1S/C33H32ClF4N7O2/c1-7-21(46)44-16(5)12-43(13-17(44)6)31-18-10-20(34)29(22-23(35)24(36)25(37)26(38)27(22)40)42-32(18)45(33(47)19(31)11-39)30-15(4)8-9-41-28(30)14(2)3/h7-10,14-17,30H,1,12-13,40H2,2-6H3/t15-,16-,17+,30-/m1/s1. The molecule has 0 saturated carbocycles. The number of aliphatic imine (C=N–C) groups is 1. The first-order chi connectivity index (χ1) is 22.2. The Morgan fingerprint density at radius 2 is 1.74 bits per heavy atom. The minimum absolute atomic E-state index is 0.0993. The van der Waals surface area contributed by atoms with Crippen LogP contribution in [0.15, 0.2) is 40.8 Å².